The number of benzene rings is 1. The zero-order chi connectivity index (χ0) is 14.8. The van der Waals surface area contributed by atoms with Crippen LogP contribution in [0.4, 0.5) is 5.69 Å². The van der Waals surface area contributed by atoms with Gasteiger partial charge in [0.25, 0.3) is 5.69 Å². The van der Waals surface area contributed by atoms with Crippen molar-refractivity contribution in [2.45, 2.75) is 44.9 Å². The lowest BCUT2D eigenvalue weighted by Gasteiger charge is -2.23. The fourth-order valence-corrected chi connectivity index (χ4v) is 3.31. The second-order valence-electron chi connectivity index (χ2n) is 5.63. The quantitative estimate of drug-likeness (QED) is 0.656. The average molecular weight is 277 g/mol. The Morgan fingerprint density at radius 2 is 2.30 bits per heavy atom. The summed E-state index contributed by atoms with van der Waals surface area (Å²) in [5.41, 5.74) is 0.313. The van der Waals surface area contributed by atoms with E-state index >= 15 is 0 Å². The number of hydrogen-bond acceptors (Lipinski definition) is 3. The van der Waals surface area contributed by atoms with Crippen molar-refractivity contribution >= 4 is 11.7 Å². The lowest BCUT2D eigenvalue weighted by molar-refractivity contribution is -0.384. The van der Waals surface area contributed by atoms with Crippen LogP contribution in [0.2, 0.25) is 0 Å². The third-order valence-corrected chi connectivity index (χ3v) is 4.34. The van der Waals surface area contributed by atoms with E-state index in [-0.39, 0.29) is 11.6 Å². The molecule has 20 heavy (non-hydrogen) atoms. The summed E-state index contributed by atoms with van der Waals surface area (Å²) in [7, 11) is 0. The molecule has 1 N–H and O–H groups in total. The van der Waals surface area contributed by atoms with Crippen LogP contribution in [0.25, 0.3) is 0 Å². The summed E-state index contributed by atoms with van der Waals surface area (Å²) < 4.78 is 0. The van der Waals surface area contributed by atoms with Crippen molar-refractivity contribution in [1.82, 2.24) is 0 Å². The van der Waals surface area contributed by atoms with E-state index in [1.165, 1.54) is 6.07 Å². The summed E-state index contributed by atoms with van der Waals surface area (Å²) in [5, 5.41) is 20.3. The molecular formula is C15H19NO4. The maximum Gasteiger partial charge on any atom is 0.309 e. The first-order valence-corrected chi connectivity index (χ1v) is 6.96. The monoisotopic (exact) mass is 277 g/mol. The molecule has 108 valence electrons. The van der Waals surface area contributed by atoms with E-state index in [0.717, 1.165) is 18.4 Å². The van der Waals surface area contributed by atoms with Gasteiger partial charge < -0.3 is 5.11 Å². The summed E-state index contributed by atoms with van der Waals surface area (Å²) in [6, 6.07) is 6.58. The molecule has 0 heterocycles. The van der Waals surface area contributed by atoms with Crippen LogP contribution in [-0.4, -0.2) is 16.0 Å². The number of hydrogen-bond donors (Lipinski definition) is 1. The van der Waals surface area contributed by atoms with Crippen LogP contribution >= 0.6 is 0 Å². The van der Waals surface area contributed by atoms with Crippen molar-refractivity contribution < 1.29 is 14.8 Å². The molecule has 5 nitrogen and oxygen atoms in total. The smallest absolute Gasteiger partial charge is 0.309 e. The van der Waals surface area contributed by atoms with Crippen molar-refractivity contribution in [2.75, 3.05) is 0 Å². The van der Waals surface area contributed by atoms with Crippen molar-refractivity contribution in [1.29, 1.82) is 0 Å². The molecule has 1 aromatic rings. The molecule has 0 spiro atoms. The van der Waals surface area contributed by atoms with Crippen LogP contribution in [0.15, 0.2) is 24.3 Å². The number of nitrogens with zero attached hydrogens (tertiary/aromatic N) is 1. The standard InChI is InChI=1S/C15H19NO4/c1-2-7-15(14(17)18)8-6-12(10-15)11-4-3-5-13(9-11)16(19)20/h3-5,9,12H,2,6-8,10H2,1H3,(H,17,18). The Hall–Kier alpha value is -1.91. The molecular weight excluding hydrogens is 258 g/mol. The van der Waals surface area contributed by atoms with Gasteiger partial charge in [0.05, 0.1) is 10.3 Å². The molecule has 0 aliphatic heterocycles. The molecule has 0 saturated heterocycles. The highest BCUT2D eigenvalue weighted by Gasteiger charge is 2.45. The van der Waals surface area contributed by atoms with Gasteiger partial charge in [0.15, 0.2) is 0 Å². The molecule has 1 fully saturated rings. The highest BCUT2D eigenvalue weighted by molar-refractivity contribution is 5.75. The first kappa shape index (κ1) is 14.5. The van der Waals surface area contributed by atoms with E-state index in [1.54, 1.807) is 12.1 Å². The first-order valence-electron chi connectivity index (χ1n) is 6.96. The van der Waals surface area contributed by atoms with Gasteiger partial charge in [-0.25, -0.2) is 0 Å². The predicted octanol–water partition coefficient (Wildman–Crippen LogP) is 3.73. The summed E-state index contributed by atoms with van der Waals surface area (Å²) >= 11 is 0. The molecule has 5 heteroatoms. The van der Waals surface area contributed by atoms with Crippen molar-refractivity contribution in [3.8, 4) is 0 Å². The van der Waals surface area contributed by atoms with Gasteiger partial charge in [0, 0.05) is 12.1 Å². The lowest BCUT2D eigenvalue weighted by atomic mass is 9.80. The Bertz CT molecular complexity index is 528. The Kier molecular flexibility index (Phi) is 4.06. The Morgan fingerprint density at radius 1 is 1.55 bits per heavy atom. The van der Waals surface area contributed by atoms with Crippen LogP contribution < -0.4 is 0 Å². The van der Waals surface area contributed by atoms with Crippen LogP contribution in [0.3, 0.4) is 0 Å². The van der Waals surface area contributed by atoms with E-state index < -0.39 is 16.3 Å². The van der Waals surface area contributed by atoms with Gasteiger partial charge in [0.2, 0.25) is 0 Å². The average Bonchev–Trinajstić information content (AvgIpc) is 2.85. The highest BCUT2D eigenvalue weighted by Crippen LogP contribution is 2.49. The molecule has 0 aromatic heterocycles. The predicted molar refractivity (Wildman–Crippen MR) is 74.7 cm³/mol. The molecule has 0 amide bonds. The maximum atomic E-state index is 11.6. The fourth-order valence-electron chi connectivity index (χ4n) is 3.31. The zero-order valence-corrected chi connectivity index (χ0v) is 11.5. The summed E-state index contributed by atoms with van der Waals surface area (Å²) in [4.78, 5) is 22.0. The number of carboxylic acid groups (broad SMARTS) is 1. The van der Waals surface area contributed by atoms with E-state index in [2.05, 4.69) is 0 Å². The number of aliphatic carboxylic acids is 1. The molecule has 0 radical (unpaired) electrons. The Balaban J connectivity index is 2.22. The van der Waals surface area contributed by atoms with Crippen LogP contribution in [0.5, 0.6) is 0 Å². The number of carbonyl (C=O) groups is 1. The molecule has 1 saturated carbocycles. The largest absolute Gasteiger partial charge is 0.481 e. The minimum Gasteiger partial charge on any atom is -0.481 e. The molecule has 1 aliphatic carbocycles. The normalized spacial score (nSPS) is 25.6. The SMILES string of the molecule is CCCC1(C(=O)O)CCC(c2cccc([N+](=O)[O-])c2)C1. The lowest BCUT2D eigenvalue weighted by Crippen LogP contribution is -2.27. The minimum absolute atomic E-state index is 0.0748. The second kappa shape index (κ2) is 5.61. The van der Waals surface area contributed by atoms with E-state index in [9.17, 15) is 20.0 Å². The molecule has 1 aliphatic rings. The minimum atomic E-state index is -0.729. The maximum absolute atomic E-state index is 11.6. The number of nitro groups is 1. The number of carboxylic acids is 1. The number of non-ortho nitro benzene ring substituents is 1. The molecule has 0 bridgehead atoms. The molecule has 1 aromatic carbocycles. The Morgan fingerprint density at radius 3 is 2.90 bits per heavy atom. The van der Waals surface area contributed by atoms with Crippen LogP contribution in [-0.2, 0) is 4.79 Å². The van der Waals surface area contributed by atoms with Crippen molar-refractivity contribution in [3.63, 3.8) is 0 Å². The third kappa shape index (κ3) is 2.66. The van der Waals surface area contributed by atoms with Gasteiger partial charge in [-0.05, 0) is 37.2 Å². The molecule has 2 unspecified atom stereocenters. The van der Waals surface area contributed by atoms with Gasteiger partial charge in [0.1, 0.15) is 0 Å². The summed E-state index contributed by atoms with van der Waals surface area (Å²) in [5.74, 6) is -0.621. The second-order valence-corrected chi connectivity index (χ2v) is 5.63. The molecule has 2 atom stereocenters. The van der Waals surface area contributed by atoms with E-state index in [1.807, 2.05) is 13.0 Å². The van der Waals surface area contributed by atoms with Crippen LogP contribution in [0.1, 0.15) is 50.5 Å². The topological polar surface area (TPSA) is 80.4 Å². The van der Waals surface area contributed by atoms with Gasteiger partial charge in [-0.15, -0.1) is 0 Å². The Labute approximate surface area is 117 Å². The third-order valence-electron chi connectivity index (χ3n) is 4.34. The van der Waals surface area contributed by atoms with Gasteiger partial charge in [-0.3, -0.25) is 14.9 Å². The van der Waals surface area contributed by atoms with Gasteiger partial charge >= 0.3 is 5.97 Å². The number of nitro benzene ring substituents is 1. The van der Waals surface area contributed by atoms with E-state index in [4.69, 9.17) is 0 Å². The van der Waals surface area contributed by atoms with E-state index in [0.29, 0.717) is 19.3 Å². The summed E-state index contributed by atoms with van der Waals surface area (Å²) in [6.07, 6.45) is 3.54. The van der Waals surface area contributed by atoms with Crippen molar-refractivity contribution in [3.05, 3.63) is 39.9 Å². The van der Waals surface area contributed by atoms with Gasteiger partial charge in [-0.1, -0.05) is 25.5 Å². The van der Waals surface area contributed by atoms with Gasteiger partial charge in [-0.2, -0.15) is 0 Å². The first-order chi connectivity index (χ1) is 9.48. The summed E-state index contributed by atoms with van der Waals surface area (Å²) in [6.45, 7) is 1.99. The number of rotatable bonds is 5. The fraction of sp³-hybridized carbons (Fsp3) is 0.533. The highest BCUT2D eigenvalue weighted by atomic mass is 16.6. The van der Waals surface area contributed by atoms with Crippen molar-refractivity contribution in [2.24, 2.45) is 5.41 Å². The molecule has 2 rings (SSSR count). The zero-order valence-electron chi connectivity index (χ0n) is 11.5. The van der Waals surface area contributed by atoms with Crippen LogP contribution in [0, 0.1) is 15.5 Å².